The minimum absolute atomic E-state index is 0.0485. The number of rotatable bonds is 9. The van der Waals surface area contributed by atoms with E-state index < -0.39 is 11.8 Å². The highest BCUT2D eigenvalue weighted by Crippen LogP contribution is 2.32. The Morgan fingerprint density at radius 3 is 2.56 bits per heavy atom. The molecule has 9 heteroatoms. The molecule has 0 spiro atoms. The maximum Gasteiger partial charge on any atom is 0.293 e. The molecule has 1 aliphatic rings. The summed E-state index contributed by atoms with van der Waals surface area (Å²) in [7, 11) is 1.57. The molecule has 0 aliphatic carbocycles. The zero-order valence-electron chi connectivity index (χ0n) is 18.4. The van der Waals surface area contributed by atoms with E-state index in [1.54, 1.807) is 43.5 Å². The Kier molecular flexibility index (Phi) is 7.34. The maximum atomic E-state index is 12.7. The van der Waals surface area contributed by atoms with Gasteiger partial charge in [-0.15, -0.1) is 0 Å². The Balaban J connectivity index is 1.30. The van der Waals surface area contributed by atoms with Crippen LogP contribution in [0.15, 0.2) is 76.2 Å². The summed E-state index contributed by atoms with van der Waals surface area (Å²) in [5.74, 6) is 0.668. The van der Waals surface area contributed by atoms with Crippen LogP contribution in [0.3, 0.4) is 0 Å². The topological polar surface area (TPSA) is 98.1 Å². The fourth-order valence-electron chi connectivity index (χ4n) is 3.23. The van der Waals surface area contributed by atoms with Crippen LogP contribution in [0.2, 0.25) is 0 Å². The van der Waals surface area contributed by atoms with Crippen LogP contribution in [0.1, 0.15) is 21.7 Å². The Labute approximate surface area is 200 Å². The molecule has 0 saturated carbocycles. The highest BCUT2D eigenvalue weighted by atomic mass is 32.2. The zero-order valence-corrected chi connectivity index (χ0v) is 19.2. The van der Waals surface area contributed by atoms with Crippen LogP contribution in [-0.4, -0.2) is 42.2 Å². The summed E-state index contributed by atoms with van der Waals surface area (Å²) in [6, 6.07) is 18.1. The lowest BCUT2D eigenvalue weighted by Gasteiger charge is -2.13. The fourth-order valence-corrected chi connectivity index (χ4v) is 4.10. The summed E-state index contributed by atoms with van der Waals surface area (Å²) in [6.45, 7) is 0.307. The van der Waals surface area contributed by atoms with Crippen LogP contribution < -0.4 is 14.8 Å². The molecule has 1 aromatic heterocycles. The Morgan fingerprint density at radius 1 is 1.06 bits per heavy atom. The standard InChI is InChI=1S/C25H22N2O6S/c1-31-19-9-7-17(8-10-19)15-21-24(29)27(25(30)34-21)13-12-26-23(28)22-18(11-14-32-22)16-33-20-5-3-2-4-6-20/h2-11,14-15H,12-13,16H2,1H3,(H,26,28)/b21-15-. The second kappa shape index (κ2) is 10.8. The summed E-state index contributed by atoms with van der Waals surface area (Å²) in [6.07, 6.45) is 3.07. The number of carbonyl (C=O) groups excluding carboxylic acids is 3. The largest absolute Gasteiger partial charge is 0.497 e. The molecule has 1 N–H and O–H groups in total. The summed E-state index contributed by atoms with van der Waals surface area (Å²) in [4.78, 5) is 39.0. The average Bonchev–Trinajstić information content (AvgIpc) is 3.44. The van der Waals surface area contributed by atoms with E-state index in [4.69, 9.17) is 13.9 Å². The van der Waals surface area contributed by atoms with Crippen molar-refractivity contribution in [2.45, 2.75) is 6.61 Å². The first kappa shape index (κ1) is 23.2. The zero-order chi connectivity index (χ0) is 23.9. The van der Waals surface area contributed by atoms with Crippen LogP contribution in [0.25, 0.3) is 6.08 Å². The van der Waals surface area contributed by atoms with E-state index in [2.05, 4.69) is 5.32 Å². The van der Waals surface area contributed by atoms with Crippen LogP contribution in [0, 0.1) is 0 Å². The van der Waals surface area contributed by atoms with E-state index in [-0.39, 0.29) is 30.7 Å². The third-order valence-corrected chi connectivity index (χ3v) is 5.91. The number of benzene rings is 2. The molecule has 3 amide bonds. The van der Waals surface area contributed by atoms with Crippen molar-refractivity contribution in [3.63, 3.8) is 0 Å². The second-order valence-corrected chi connectivity index (χ2v) is 8.23. The SMILES string of the molecule is COc1ccc(/C=C2\SC(=O)N(CCNC(=O)c3occc3COc3ccccc3)C2=O)cc1. The van der Waals surface area contributed by atoms with Gasteiger partial charge in [0.25, 0.3) is 17.1 Å². The van der Waals surface area contributed by atoms with Crippen LogP contribution >= 0.6 is 11.8 Å². The number of thioether (sulfide) groups is 1. The molecule has 8 nitrogen and oxygen atoms in total. The first-order chi connectivity index (χ1) is 16.5. The summed E-state index contributed by atoms with van der Waals surface area (Å²) < 4.78 is 16.1. The van der Waals surface area contributed by atoms with Crippen molar-refractivity contribution in [2.24, 2.45) is 0 Å². The van der Waals surface area contributed by atoms with Crippen molar-refractivity contribution in [3.8, 4) is 11.5 Å². The number of amides is 3. The predicted molar refractivity (Wildman–Crippen MR) is 127 cm³/mol. The van der Waals surface area contributed by atoms with Gasteiger partial charge in [-0.25, -0.2) is 0 Å². The van der Waals surface area contributed by atoms with Gasteiger partial charge in [-0.05, 0) is 53.7 Å². The van der Waals surface area contributed by atoms with Gasteiger partial charge in [0.15, 0.2) is 5.76 Å². The van der Waals surface area contributed by atoms with Crippen molar-refractivity contribution in [3.05, 3.63) is 88.7 Å². The highest BCUT2D eigenvalue weighted by molar-refractivity contribution is 8.18. The number of furan rings is 1. The Bertz CT molecular complexity index is 1200. The van der Waals surface area contributed by atoms with Gasteiger partial charge in [-0.1, -0.05) is 30.3 Å². The lowest BCUT2D eigenvalue weighted by atomic mass is 10.2. The lowest BCUT2D eigenvalue weighted by molar-refractivity contribution is -0.122. The summed E-state index contributed by atoms with van der Waals surface area (Å²) in [5, 5.41) is 2.31. The monoisotopic (exact) mass is 478 g/mol. The Hall–Kier alpha value is -3.98. The molecule has 1 saturated heterocycles. The normalized spacial score (nSPS) is 14.5. The number of hydrogen-bond acceptors (Lipinski definition) is 7. The summed E-state index contributed by atoms with van der Waals surface area (Å²) >= 11 is 0.870. The van der Waals surface area contributed by atoms with Crippen molar-refractivity contribution in [1.29, 1.82) is 0 Å². The number of para-hydroxylation sites is 1. The number of nitrogens with one attached hydrogen (secondary N) is 1. The van der Waals surface area contributed by atoms with Crippen LogP contribution in [0.5, 0.6) is 11.5 Å². The molecule has 0 bridgehead atoms. The van der Waals surface area contributed by atoms with E-state index >= 15 is 0 Å². The van der Waals surface area contributed by atoms with Gasteiger partial charge >= 0.3 is 0 Å². The van der Waals surface area contributed by atoms with E-state index in [1.165, 1.54) is 6.26 Å². The Morgan fingerprint density at radius 2 is 1.82 bits per heavy atom. The third kappa shape index (κ3) is 5.49. The van der Waals surface area contributed by atoms with E-state index in [1.807, 2.05) is 30.3 Å². The van der Waals surface area contributed by atoms with Crippen LogP contribution in [-0.2, 0) is 11.4 Å². The van der Waals surface area contributed by atoms with Crippen molar-refractivity contribution < 1.29 is 28.3 Å². The first-order valence-corrected chi connectivity index (χ1v) is 11.3. The number of methoxy groups -OCH3 is 1. The molecule has 174 valence electrons. The number of nitrogens with zero attached hydrogens (tertiary/aromatic N) is 1. The number of carbonyl (C=O) groups is 3. The van der Waals surface area contributed by atoms with Crippen LogP contribution in [0.4, 0.5) is 4.79 Å². The van der Waals surface area contributed by atoms with Crippen molar-refractivity contribution >= 4 is 34.9 Å². The van der Waals surface area contributed by atoms with Gasteiger partial charge in [-0.3, -0.25) is 19.3 Å². The molecule has 1 fully saturated rings. The quantitative estimate of drug-likeness (QED) is 0.457. The van der Waals surface area contributed by atoms with Crippen molar-refractivity contribution in [1.82, 2.24) is 10.2 Å². The molecule has 3 aromatic rings. The molecule has 2 heterocycles. The van der Waals surface area contributed by atoms with E-state index in [9.17, 15) is 14.4 Å². The van der Waals surface area contributed by atoms with Gasteiger partial charge in [0.1, 0.15) is 18.1 Å². The smallest absolute Gasteiger partial charge is 0.293 e. The molecule has 1 aliphatic heterocycles. The number of imide groups is 1. The summed E-state index contributed by atoms with van der Waals surface area (Å²) in [5.41, 5.74) is 1.37. The highest BCUT2D eigenvalue weighted by Gasteiger charge is 2.34. The van der Waals surface area contributed by atoms with Gasteiger partial charge in [0.2, 0.25) is 0 Å². The molecular formula is C25H22N2O6S. The number of hydrogen-bond donors (Lipinski definition) is 1. The minimum Gasteiger partial charge on any atom is -0.497 e. The first-order valence-electron chi connectivity index (χ1n) is 10.5. The molecule has 0 radical (unpaired) electrons. The minimum atomic E-state index is -0.447. The van der Waals surface area contributed by atoms with Gasteiger partial charge < -0.3 is 19.2 Å². The van der Waals surface area contributed by atoms with Gasteiger partial charge in [0, 0.05) is 18.7 Å². The molecule has 4 rings (SSSR count). The second-order valence-electron chi connectivity index (χ2n) is 7.24. The molecule has 0 unspecified atom stereocenters. The fraction of sp³-hybridized carbons (Fsp3) is 0.160. The van der Waals surface area contributed by atoms with Gasteiger partial charge in [-0.2, -0.15) is 0 Å². The van der Waals surface area contributed by atoms with E-state index in [0.717, 1.165) is 22.2 Å². The maximum absolute atomic E-state index is 12.7. The third-order valence-electron chi connectivity index (χ3n) is 5.00. The van der Waals surface area contributed by atoms with Gasteiger partial charge in [0.05, 0.1) is 18.3 Å². The van der Waals surface area contributed by atoms with Crippen molar-refractivity contribution in [2.75, 3.05) is 20.2 Å². The molecule has 0 atom stereocenters. The average molecular weight is 479 g/mol. The number of ether oxygens (including phenoxy) is 2. The predicted octanol–water partition coefficient (Wildman–Crippen LogP) is 4.33. The lowest BCUT2D eigenvalue weighted by Crippen LogP contribution is -2.37. The van der Waals surface area contributed by atoms with E-state index in [0.29, 0.717) is 22.0 Å². The molecule has 2 aromatic carbocycles. The molecular weight excluding hydrogens is 456 g/mol. The molecule has 34 heavy (non-hydrogen) atoms.